The van der Waals surface area contributed by atoms with Crippen LogP contribution in [0.25, 0.3) is 0 Å². The van der Waals surface area contributed by atoms with Crippen molar-refractivity contribution < 1.29 is 18.0 Å². The Balaban J connectivity index is 1.88. The van der Waals surface area contributed by atoms with Gasteiger partial charge in [0, 0.05) is 46.2 Å². The zero-order chi connectivity index (χ0) is 19.3. The number of amides is 3. The third-order valence-corrected chi connectivity index (χ3v) is 6.63. The van der Waals surface area contributed by atoms with Gasteiger partial charge in [-0.25, -0.2) is 13.2 Å². The molecule has 1 fully saturated rings. The summed E-state index contributed by atoms with van der Waals surface area (Å²) in [5.41, 5.74) is 0. The van der Waals surface area contributed by atoms with Crippen LogP contribution in [0.2, 0.25) is 10.0 Å². The lowest BCUT2D eigenvalue weighted by Gasteiger charge is -2.33. The Morgan fingerprint density at radius 3 is 2.35 bits per heavy atom. The summed E-state index contributed by atoms with van der Waals surface area (Å²) in [6.45, 7) is 2.05. The van der Waals surface area contributed by atoms with E-state index in [1.54, 1.807) is 0 Å². The van der Waals surface area contributed by atoms with Crippen LogP contribution in [0.5, 0.6) is 0 Å². The zero-order valence-corrected chi connectivity index (χ0v) is 16.5. The molecular weight excluding hydrogens is 403 g/mol. The first-order valence-electron chi connectivity index (χ1n) is 7.93. The summed E-state index contributed by atoms with van der Waals surface area (Å²) < 4.78 is 26.7. The predicted molar refractivity (Wildman–Crippen MR) is 98.9 cm³/mol. The first kappa shape index (κ1) is 20.9. The molecule has 0 unspecified atom stereocenters. The number of sulfonamides is 1. The largest absolute Gasteiger partial charge is 0.341 e. The topological polar surface area (TPSA) is 98.8 Å². The fourth-order valence-corrected chi connectivity index (χ4v) is 4.30. The molecule has 1 saturated heterocycles. The van der Waals surface area contributed by atoms with Crippen molar-refractivity contribution in [1.82, 2.24) is 19.8 Å². The van der Waals surface area contributed by atoms with E-state index in [1.807, 2.05) is 4.90 Å². The maximum absolute atomic E-state index is 12.7. The number of carbonyl (C=O) groups is 2. The molecule has 1 heterocycles. The van der Waals surface area contributed by atoms with Crippen LogP contribution in [0.15, 0.2) is 23.1 Å². The van der Waals surface area contributed by atoms with E-state index in [4.69, 9.17) is 23.2 Å². The number of hydrogen-bond acceptors (Lipinski definition) is 5. The number of carbonyl (C=O) groups excluding carboxylic acids is 2. The second-order valence-electron chi connectivity index (χ2n) is 5.70. The highest BCUT2D eigenvalue weighted by Gasteiger charge is 2.29. The van der Waals surface area contributed by atoms with Gasteiger partial charge in [-0.3, -0.25) is 10.1 Å². The minimum atomic E-state index is -3.64. The third kappa shape index (κ3) is 5.31. The van der Waals surface area contributed by atoms with Crippen molar-refractivity contribution in [1.29, 1.82) is 0 Å². The van der Waals surface area contributed by atoms with Crippen LogP contribution in [0.3, 0.4) is 0 Å². The van der Waals surface area contributed by atoms with Gasteiger partial charge in [-0.15, -0.1) is 0 Å². The van der Waals surface area contributed by atoms with Crippen LogP contribution in [-0.2, 0) is 14.8 Å². The van der Waals surface area contributed by atoms with Gasteiger partial charge in [-0.2, -0.15) is 4.31 Å². The van der Waals surface area contributed by atoms with Gasteiger partial charge in [0.2, 0.25) is 15.9 Å². The second kappa shape index (κ2) is 9.01. The average molecular weight is 423 g/mol. The monoisotopic (exact) mass is 422 g/mol. The summed E-state index contributed by atoms with van der Waals surface area (Å²) in [5.74, 6) is -0.379. The Bertz CT molecular complexity index is 780. The molecule has 144 valence electrons. The van der Waals surface area contributed by atoms with Gasteiger partial charge in [0.1, 0.15) is 0 Å². The molecule has 26 heavy (non-hydrogen) atoms. The molecule has 0 aromatic heterocycles. The fraction of sp³-hybridized carbons (Fsp3) is 0.467. The van der Waals surface area contributed by atoms with Crippen molar-refractivity contribution >= 4 is 45.2 Å². The smallest absolute Gasteiger partial charge is 0.321 e. The molecule has 3 amide bonds. The molecule has 0 aliphatic carbocycles. The van der Waals surface area contributed by atoms with Crippen LogP contribution in [0.1, 0.15) is 6.42 Å². The number of benzene rings is 1. The standard InChI is InChI=1S/C15H20Cl2N4O4S/c1-18-15(23)19-14(22)4-5-20-6-8-21(9-7-20)26(24,25)11-2-3-12(16)13(17)10-11/h2-3,10H,4-9H2,1H3,(H2,18,19,22,23). The normalized spacial score (nSPS) is 16.3. The van der Waals surface area contributed by atoms with Crippen molar-refractivity contribution in [3.05, 3.63) is 28.2 Å². The predicted octanol–water partition coefficient (Wildman–Crippen LogP) is 1.15. The van der Waals surface area contributed by atoms with E-state index in [0.29, 0.717) is 37.7 Å². The molecule has 0 saturated carbocycles. The van der Waals surface area contributed by atoms with Crippen molar-refractivity contribution in [2.24, 2.45) is 0 Å². The van der Waals surface area contributed by atoms with Gasteiger partial charge in [0.15, 0.2) is 0 Å². The molecule has 11 heteroatoms. The summed E-state index contributed by atoms with van der Waals surface area (Å²) in [4.78, 5) is 24.7. The molecule has 1 aromatic rings. The van der Waals surface area contributed by atoms with Crippen molar-refractivity contribution in [3.63, 3.8) is 0 Å². The Labute approximate surface area is 162 Å². The number of imide groups is 1. The van der Waals surface area contributed by atoms with Crippen LogP contribution >= 0.6 is 23.2 Å². The van der Waals surface area contributed by atoms with Crippen molar-refractivity contribution in [2.45, 2.75) is 11.3 Å². The lowest BCUT2D eigenvalue weighted by Crippen LogP contribution is -2.49. The molecular formula is C15H20Cl2N4O4S. The number of nitrogens with zero attached hydrogens (tertiary/aromatic N) is 2. The number of nitrogens with one attached hydrogen (secondary N) is 2. The summed E-state index contributed by atoms with van der Waals surface area (Å²) in [6.07, 6.45) is 0.160. The van der Waals surface area contributed by atoms with Crippen LogP contribution in [-0.4, -0.2) is 69.3 Å². The Morgan fingerprint density at radius 2 is 1.77 bits per heavy atom. The Hall–Kier alpha value is -1.39. The van der Waals surface area contributed by atoms with Gasteiger partial charge in [-0.1, -0.05) is 23.2 Å². The van der Waals surface area contributed by atoms with Gasteiger partial charge in [0.05, 0.1) is 14.9 Å². The molecule has 1 aliphatic rings. The minimum absolute atomic E-state index is 0.102. The molecule has 0 radical (unpaired) electrons. The molecule has 1 aromatic carbocycles. The molecule has 0 bridgehead atoms. The number of hydrogen-bond donors (Lipinski definition) is 2. The quantitative estimate of drug-likeness (QED) is 0.741. The Kier molecular flexibility index (Phi) is 7.24. The van der Waals surface area contributed by atoms with E-state index in [9.17, 15) is 18.0 Å². The highest BCUT2D eigenvalue weighted by atomic mass is 35.5. The van der Waals surface area contributed by atoms with Gasteiger partial charge in [-0.05, 0) is 18.2 Å². The molecule has 0 spiro atoms. The fourth-order valence-electron chi connectivity index (χ4n) is 2.49. The lowest BCUT2D eigenvalue weighted by atomic mass is 10.3. The highest BCUT2D eigenvalue weighted by Crippen LogP contribution is 2.27. The molecule has 2 rings (SSSR count). The SMILES string of the molecule is CNC(=O)NC(=O)CCN1CCN(S(=O)(=O)c2ccc(Cl)c(Cl)c2)CC1. The van der Waals surface area contributed by atoms with Crippen molar-refractivity contribution in [2.75, 3.05) is 39.8 Å². The zero-order valence-electron chi connectivity index (χ0n) is 14.2. The molecule has 1 aliphatic heterocycles. The van der Waals surface area contributed by atoms with E-state index in [0.717, 1.165) is 0 Å². The summed E-state index contributed by atoms with van der Waals surface area (Å²) in [7, 11) is -2.22. The van der Waals surface area contributed by atoms with E-state index in [-0.39, 0.29) is 22.2 Å². The molecule has 0 atom stereocenters. The Morgan fingerprint density at radius 1 is 1.12 bits per heavy atom. The summed E-state index contributed by atoms with van der Waals surface area (Å²) in [5, 5.41) is 4.98. The van der Waals surface area contributed by atoms with Crippen LogP contribution in [0, 0.1) is 0 Å². The van der Waals surface area contributed by atoms with E-state index < -0.39 is 16.1 Å². The maximum atomic E-state index is 12.7. The van der Waals surface area contributed by atoms with E-state index in [2.05, 4.69) is 10.6 Å². The number of rotatable bonds is 5. The molecule has 8 nitrogen and oxygen atoms in total. The van der Waals surface area contributed by atoms with Gasteiger partial charge >= 0.3 is 6.03 Å². The van der Waals surface area contributed by atoms with Gasteiger partial charge < -0.3 is 10.2 Å². The van der Waals surface area contributed by atoms with E-state index in [1.165, 1.54) is 29.6 Å². The molecule has 2 N–H and O–H groups in total. The van der Waals surface area contributed by atoms with Gasteiger partial charge in [0.25, 0.3) is 0 Å². The second-order valence-corrected chi connectivity index (χ2v) is 8.45. The number of urea groups is 1. The highest BCUT2D eigenvalue weighted by molar-refractivity contribution is 7.89. The third-order valence-electron chi connectivity index (χ3n) is 4.00. The number of piperazine rings is 1. The maximum Gasteiger partial charge on any atom is 0.321 e. The minimum Gasteiger partial charge on any atom is -0.341 e. The van der Waals surface area contributed by atoms with Crippen molar-refractivity contribution in [3.8, 4) is 0 Å². The summed E-state index contributed by atoms with van der Waals surface area (Å²) >= 11 is 11.7. The first-order chi connectivity index (χ1) is 12.2. The lowest BCUT2D eigenvalue weighted by molar-refractivity contribution is -0.120. The first-order valence-corrected chi connectivity index (χ1v) is 10.1. The number of halogens is 2. The summed E-state index contributed by atoms with van der Waals surface area (Å²) in [6, 6.07) is 3.68. The van der Waals surface area contributed by atoms with Crippen LogP contribution < -0.4 is 10.6 Å². The average Bonchev–Trinajstić information content (AvgIpc) is 2.62. The van der Waals surface area contributed by atoms with Crippen LogP contribution in [0.4, 0.5) is 4.79 Å². The van der Waals surface area contributed by atoms with E-state index >= 15 is 0 Å².